The Labute approximate surface area is 120 Å². The summed E-state index contributed by atoms with van der Waals surface area (Å²) in [5.74, 6) is -1.34. The molecule has 104 valence electrons. The van der Waals surface area contributed by atoms with Crippen LogP contribution in [0.15, 0.2) is 22.7 Å². The zero-order chi connectivity index (χ0) is 14.0. The van der Waals surface area contributed by atoms with Gasteiger partial charge in [-0.05, 0) is 50.1 Å². The van der Waals surface area contributed by atoms with Crippen LogP contribution >= 0.6 is 15.9 Å². The predicted octanol–water partition coefficient (Wildman–Crippen LogP) is 3.27. The number of nitrogens with zero attached hydrogens (tertiary/aromatic N) is 1. The summed E-state index contributed by atoms with van der Waals surface area (Å²) >= 11 is 3.41. The van der Waals surface area contributed by atoms with Crippen LogP contribution in [0, 0.1) is 11.7 Å². The summed E-state index contributed by atoms with van der Waals surface area (Å²) in [6.45, 7) is 3.36. The molecule has 1 N–H and O–H groups in total. The van der Waals surface area contributed by atoms with Crippen LogP contribution in [-0.2, 0) is 11.3 Å². The SMILES string of the molecule is C[C@@H]1[C@H](C(=O)O)CCCN1Cc1cc(F)ccc1Br. The van der Waals surface area contributed by atoms with Crippen LogP contribution in [0.25, 0.3) is 0 Å². The van der Waals surface area contributed by atoms with Crippen molar-refractivity contribution in [3.63, 3.8) is 0 Å². The first-order chi connectivity index (χ1) is 8.99. The van der Waals surface area contributed by atoms with Crippen molar-refractivity contribution in [1.29, 1.82) is 0 Å². The molecular weight excluding hydrogens is 313 g/mol. The Bertz CT molecular complexity index is 481. The zero-order valence-electron chi connectivity index (χ0n) is 10.8. The molecule has 0 spiro atoms. The second-order valence-electron chi connectivity index (χ2n) is 5.03. The lowest BCUT2D eigenvalue weighted by Gasteiger charge is -2.37. The molecule has 1 aromatic carbocycles. The number of rotatable bonds is 3. The van der Waals surface area contributed by atoms with E-state index in [1.165, 1.54) is 12.1 Å². The van der Waals surface area contributed by atoms with Crippen molar-refractivity contribution in [3.05, 3.63) is 34.1 Å². The molecule has 1 aliphatic rings. The number of carboxylic acids is 1. The summed E-state index contributed by atoms with van der Waals surface area (Å²) in [6, 6.07) is 4.57. The maximum atomic E-state index is 13.3. The number of likely N-dealkylation sites (tertiary alicyclic amines) is 1. The molecule has 1 fully saturated rings. The van der Waals surface area contributed by atoms with E-state index in [9.17, 15) is 14.3 Å². The lowest BCUT2D eigenvalue weighted by molar-refractivity contribution is -0.145. The highest BCUT2D eigenvalue weighted by Crippen LogP contribution is 2.27. The smallest absolute Gasteiger partial charge is 0.308 e. The van der Waals surface area contributed by atoms with E-state index in [2.05, 4.69) is 20.8 Å². The summed E-state index contributed by atoms with van der Waals surface area (Å²) < 4.78 is 14.1. The van der Waals surface area contributed by atoms with Gasteiger partial charge in [0.1, 0.15) is 5.82 Å². The normalized spacial score (nSPS) is 24.4. The van der Waals surface area contributed by atoms with Crippen LogP contribution in [-0.4, -0.2) is 28.6 Å². The Balaban J connectivity index is 2.13. The van der Waals surface area contributed by atoms with Gasteiger partial charge >= 0.3 is 5.97 Å². The van der Waals surface area contributed by atoms with Gasteiger partial charge in [-0.15, -0.1) is 0 Å². The molecule has 1 aromatic rings. The number of carboxylic acid groups (broad SMARTS) is 1. The monoisotopic (exact) mass is 329 g/mol. The van der Waals surface area contributed by atoms with Gasteiger partial charge in [-0.25, -0.2) is 4.39 Å². The number of hydrogen-bond acceptors (Lipinski definition) is 2. The van der Waals surface area contributed by atoms with Gasteiger partial charge < -0.3 is 5.11 Å². The fraction of sp³-hybridized carbons (Fsp3) is 0.500. The van der Waals surface area contributed by atoms with Gasteiger partial charge in [-0.2, -0.15) is 0 Å². The second kappa shape index (κ2) is 6.01. The Kier molecular flexibility index (Phi) is 4.58. The van der Waals surface area contributed by atoms with E-state index in [1.54, 1.807) is 6.07 Å². The Hall–Kier alpha value is -0.940. The summed E-state index contributed by atoms with van der Waals surface area (Å²) in [7, 11) is 0. The van der Waals surface area contributed by atoms with Gasteiger partial charge in [0.15, 0.2) is 0 Å². The summed E-state index contributed by atoms with van der Waals surface area (Å²) in [5, 5.41) is 9.20. The fourth-order valence-electron chi connectivity index (χ4n) is 2.65. The lowest BCUT2D eigenvalue weighted by Crippen LogP contribution is -2.45. The molecule has 1 aliphatic heterocycles. The minimum Gasteiger partial charge on any atom is -0.481 e. The molecule has 3 nitrogen and oxygen atoms in total. The highest BCUT2D eigenvalue weighted by Gasteiger charge is 2.32. The summed E-state index contributed by atoms with van der Waals surface area (Å²) in [6.07, 6.45) is 1.59. The quantitative estimate of drug-likeness (QED) is 0.925. The van der Waals surface area contributed by atoms with Crippen LogP contribution in [0.1, 0.15) is 25.3 Å². The maximum Gasteiger partial charge on any atom is 0.308 e. The third kappa shape index (κ3) is 3.34. The lowest BCUT2D eigenvalue weighted by atomic mass is 9.90. The van der Waals surface area contributed by atoms with Crippen molar-refractivity contribution in [3.8, 4) is 0 Å². The molecule has 1 heterocycles. The van der Waals surface area contributed by atoms with Crippen molar-refractivity contribution in [2.75, 3.05) is 6.54 Å². The van der Waals surface area contributed by atoms with Crippen LogP contribution in [0.4, 0.5) is 4.39 Å². The standard InChI is InChI=1S/C14H17BrFNO2/c1-9-12(14(18)19)3-2-6-17(9)8-10-7-11(16)4-5-13(10)15/h4-5,7,9,12H,2-3,6,8H2,1H3,(H,18,19)/t9-,12-/m1/s1. The molecule has 0 unspecified atom stereocenters. The van der Waals surface area contributed by atoms with Gasteiger partial charge in [-0.1, -0.05) is 15.9 Å². The Morgan fingerprint density at radius 1 is 1.58 bits per heavy atom. The number of benzene rings is 1. The zero-order valence-corrected chi connectivity index (χ0v) is 12.4. The van der Waals surface area contributed by atoms with E-state index in [-0.39, 0.29) is 17.8 Å². The average molecular weight is 330 g/mol. The molecule has 1 saturated heterocycles. The fourth-order valence-corrected chi connectivity index (χ4v) is 3.02. The molecule has 2 atom stereocenters. The topological polar surface area (TPSA) is 40.5 Å². The van der Waals surface area contributed by atoms with Crippen molar-refractivity contribution >= 4 is 21.9 Å². The Morgan fingerprint density at radius 3 is 3.00 bits per heavy atom. The molecule has 5 heteroatoms. The third-order valence-corrected chi connectivity index (χ3v) is 4.59. The molecule has 0 aromatic heterocycles. The summed E-state index contributed by atoms with van der Waals surface area (Å²) in [4.78, 5) is 13.3. The van der Waals surface area contributed by atoms with E-state index < -0.39 is 5.97 Å². The summed E-state index contributed by atoms with van der Waals surface area (Å²) in [5.41, 5.74) is 0.859. The van der Waals surface area contributed by atoms with Crippen molar-refractivity contribution in [2.24, 2.45) is 5.92 Å². The van der Waals surface area contributed by atoms with Crippen LogP contribution in [0.5, 0.6) is 0 Å². The van der Waals surface area contributed by atoms with Gasteiger partial charge in [0.05, 0.1) is 5.92 Å². The second-order valence-corrected chi connectivity index (χ2v) is 5.89. The minimum absolute atomic E-state index is 0.0265. The first-order valence-corrected chi connectivity index (χ1v) is 7.19. The van der Waals surface area contributed by atoms with E-state index >= 15 is 0 Å². The van der Waals surface area contributed by atoms with Crippen LogP contribution in [0.2, 0.25) is 0 Å². The largest absolute Gasteiger partial charge is 0.481 e. The molecule has 0 saturated carbocycles. The van der Waals surface area contributed by atoms with Gasteiger partial charge in [0.2, 0.25) is 0 Å². The number of aliphatic carboxylic acids is 1. The molecule has 0 aliphatic carbocycles. The van der Waals surface area contributed by atoms with Gasteiger partial charge in [-0.3, -0.25) is 9.69 Å². The third-order valence-electron chi connectivity index (χ3n) is 3.82. The van der Waals surface area contributed by atoms with Gasteiger partial charge in [0.25, 0.3) is 0 Å². The van der Waals surface area contributed by atoms with E-state index in [0.29, 0.717) is 6.54 Å². The molecule has 19 heavy (non-hydrogen) atoms. The number of piperidine rings is 1. The molecule has 0 bridgehead atoms. The van der Waals surface area contributed by atoms with Crippen LogP contribution < -0.4 is 0 Å². The van der Waals surface area contributed by atoms with E-state index in [1.807, 2.05) is 6.92 Å². The number of hydrogen-bond donors (Lipinski definition) is 1. The molecular formula is C14H17BrFNO2. The van der Waals surface area contributed by atoms with E-state index in [4.69, 9.17) is 0 Å². The highest BCUT2D eigenvalue weighted by atomic mass is 79.9. The van der Waals surface area contributed by atoms with Crippen molar-refractivity contribution in [2.45, 2.75) is 32.4 Å². The first-order valence-electron chi connectivity index (χ1n) is 6.40. The minimum atomic E-state index is -0.740. The average Bonchev–Trinajstić information content (AvgIpc) is 2.36. The number of carbonyl (C=O) groups is 1. The molecule has 0 amide bonds. The highest BCUT2D eigenvalue weighted by molar-refractivity contribution is 9.10. The van der Waals surface area contributed by atoms with Gasteiger partial charge in [0, 0.05) is 17.1 Å². The first kappa shape index (κ1) is 14.5. The van der Waals surface area contributed by atoms with Crippen molar-refractivity contribution in [1.82, 2.24) is 4.90 Å². The predicted molar refractivity (Wildman–Crippen MR) is 74.3 cm³/mol. The van der Waals surface area contributed by atoms with Crippen LogP contribution in [0.3, 0.4) is 0 Å². The number of halogens is 2. The maximum absolute atomic E-state index is 13.3. The van der Waals surface area contributed by atoms with E-state index in [0.717, 1.165) is 29.4 Å². The molecule has 2 rings (SSSR count). The van der Waals surface area contributed by atoms with Crippen molar-refractivity contribution < 1.29 is 14.3 Å². The molecule has 0 radical (unpaired) electrons. The Morgan fingerprint density at radius 2 is 2.32 bits per heavy atom.